The molecule has 1 rings (SSSR count). The lowest BCUT2D eigenvalue weighted by molar-refractivity contribution is 0.0598. The van der Waals surface area contributed by atoms with Gasteiger partial charge in [-0.3, -0.25) is 0 Å². The highest BCUT2D eigenvalue weighted by Crippen LogP contribution is 2.23. The number of nitrogens with zero attached hydrogens (tertiary/aromatic N) is 1. The van der Waals surface area contributed by atoms with E-state index in [9.17, 15) is 9.18 Å². The van der Waals surface area contributed by atoms with Gasteiger partial charge in [0.1, 0.15) is 0 Å². The van der Waals surface area contributed by atoms with Crippen molar-refractivity contribution in [1.82, 2.24) is 4.98 Å². The van der Waals surface area contributed by atoms with E-state index in [1.54, 1.807) is 6.92 Å². The highest BCUT2D eigenvalue weighted by Gasteiger charge is 2.17. The van der Waals surface area contributed by atoms with E-state index in [2.05, 4.69) is 25.7 Å². The Morgan fingerprint density at radius 1 is 1.64 bits per heavy atom. The second kappa shape index (κ2) is 4.50. The maximum absolute atomic E-state index is 12.8. The van der Waals surface area contributed by atoms with Crippen LogP contribution in [-0.2, 0) is 4.74 Å². The molecule has 0 aliphatic heterocycles. The van der Waals surface area contributed by atoms with Crippen LogP contribution in [0.5, 0.6) is 0 Å². The second-order valence-corrected chi connectivity index (χ2v) is 4.05. The lowest BCUT2D eigenvalue weighted by Gasteiger charge is -2.08. The number of pyridine rings is 1. The third-order valence-corrected chi connectivity index (χ3v) is 2.11. The molecular weight excluding hydrogens is 253 g/mol. The van der Waals surface area contributed by atoms with Crippen molar-refractivity contribution in [3.63, 3.8) is 0 Å². The molecule has 14 heavy (non-hydrogen) atoms. The molecule has 0 saturated carbocycles. The Morgan fingerprint density at radius 2 is 2.29 bits per heavy atom. The lowest BCUT2D eigenvalue weighted by Crippen LogP contribution is -2.08. The van der Waals surface area contributed by atoms with Crippen molar-refractivity contribution in [2.24, 2.45) is 0 Å². The average Bonchev–Trinajstić information content (AvgIpc) is 2.16. The lowest BCUT2D eigenvalue weighted by atomic mass is 10.1. The Bertz CT molecular complexity index is 355. The summed E-state index contributed by atoms with van der Waals surface area (Å²) < 4.78 is 17.3. The zero-order valence-electron chi connectivity index (χ0n) is 7.75. The molecule has 0 saturated heterocycles. The number of carbonyl (C=O) groups is 1. The summed E-state index contributed by atoms with van der Waals surface area (Å²) in [5.74, 6) is -1.13. The van der Waals surface area contributed by atoms with Gasteiger partial charge >= 0.3 is 5.97 Å². The van der Waals surface area contributed by atoms with Crippen LogP contribution in [-0.4, -0.2) is 18.1 Å². The molecule has 0 aliphatic rings. The quantitative estimate of drug-likeness (QED) is 0.467. The van der Waals surface area contributed by atoms with Crippen LogP contribution < -0.4 is 0 Å². The molecule has 0 N–H and O–H groups in total. The fraction of sp³-hybridized carbons (Fsp3) is 0.333. The zero-order valence-corrected chi connectivity index (χ0v) is 9.34. The molecule has 1 aromatic heterocycles. The summed E-state index contributed by atoms with van der Waals surface area (Å²) in [7, 11) is 1.27. The first-order chi connectivity index (χ1) is 6.56. The maximum atomic E-state index is 12.8. The Morgan fingerprint density at radius 3 is 2.79 bits per heavy atom. The van der Waals surface area contributed by atoms with Crippen LogP contribution in [0.15, 0.2) is 12.1 Å². The van der Waals surface area contributed by atoms with E-state index in [-0.39, 0.29) is 10.4 Å². The van der Waals surface area contributed by atoms with Gasteiger partial charge in [0.15, 0.2) is 0 Å². The van der Waals surface area contributed by atoms with Crippen molar-refractivity contribution in [2.45, 2.75) is 11.8 Å². The second-order valence-electron chi connectivity index (χ2n) is 2.67. The molecule has 1 atom stereocenters. The van der Waals surface area contributed by atoms with E-state index < -0.39 is 11.9 Å². The van der Waals surface area contributed by atoms with Crippen LogP contribution in [0.25, 0.3) is 0 Å². The third kappa shape index (κ3) is 2.29. The number of hydrogen-bond acceptors (Lipinski definition) is 3. The Hall–Kier alpha value is -0.970. The number of esters is 1. The zero-order chi connectivity index (χ0) is 10.7. The van der Waals surface area contributed by atoms with Crippen molar-refractivity contribution in [3.05, 3.63) is 29.3 Å². The predicted molar refractivity (Wildman–Crippen MR) is 52.9 cm³/mol. The Labute approximate surface area is 89.4 Å². The standard InChI is InChI=1S/C9H9BrFNO2/c1-5(10)8-6(9(13)14-2)3-4-7(11)12-8/h3-5H,1-2H3. The van der Waals surface area contributed by atoms with Crippen LogP contribution in [0.1, 0.15) is 27.8 Å². The monoisotopic (exact) mass is 261 g/mol. The first kappa shape index (κ1) is 11.1. The van der Waals surface area contributed by atoms with E-state index in [1.807, 2.05) is 0 Å². The fourth-order valence-corrected chi connectivity index (χ4v) is 1.38. The predicted octanol–water partition coefficient (Wildman–Crippen LogP) is 2.46. The number of hydrogen-bond donors (Lipinski definition) is 0. The smallest absolute Gasteiger partial charge is 0.339 e. The molecule has 0 amide bonds. The van der Waals surface area contributed by atoms with Crippen LogP contribution in [0.3, 0.4) is 0 Å². The van der Waals surface area contributed by atoms with Crippen molar-refractivity contribution in [2.75, 3.05) is 7.11 Å². The first-order valence-electron chi connectivity index (χ1n) is 3.95. The molecule has 0 spiro atoms. The van der Waals surface area contributed by atoms with E-state index in [1.165, 1.54) is 13.2 Å². The molecular formula is C9H9BrFNO2. The largest absolute Gasteiger partial charge is 0.465 e. The molecule has 3 nitrogen and oxygen atoms in total. The van der Waals surface area contributed by atoms with Crippen molar-refractivity contribution < 1.29 is 13.9 Å². The minimum Gasteiger partial charge on any atom is -0.465 e. The summed E-state index contributed by atoms with van der Waals surface area (Å²) in [6, 6.07) is 2.49. The van der Waals surface area contributed by atoms with Crippen LogP contribution in [0.4, 0.5) is 4.39 Å². The third-order valence-electron chi connectivity index (χ3n) is 1.67. The van der Waals surface area contributed by atoms with Gasteiger partial charge in [-0.05, 0) is 19.1 Å². The molecule has 0 bridgehead atoms. The molecule has 0 radical (unpaired) electrons. The number of aromatic nitrogens is 1. The van der Waals surface area contributed by atoms with E-state index >= 15 is 0 Å². The minimum atomic E-state index is -0.612. The summed E-state index contributed by atoms with van der Waals surface area (Å²) in [5.41, 5.74) is 0.620. The van der Waals surface area contributed by atoms with Gasteiger partial charge in [0.05, 0.1) is 23.2 Å². The van der Waals surface area contributed by atoms with Crippen LogP contribution >= 0.6 is 15.9 Å². The highest BCUT2D eigenvalue weighted by atomic mass is 79.9. The summed E-state index contributed by atoms with van der Waals surface area (Å²) in [6.07, 6.45) is 0. The molecule has 0 fully saturated rings. The summed E-state index contributed by atoms with van der Waals surface area (Å²) in [5, 5.41) is 0. The summed E-state index contributed by atoms with van der Waals surface area (Å²) in [4.78, 5) is 14.7. The van der Waals surface area contributed by atoms with Gasteiger partial charge in [0.2, 0.25) is 5.95 Å². The van der Waals surface area contributed by atoms with Gasteiger partial charge in [-0.1, -0.05) is 15.9 Å². The van der Waals surface area contributed by atoms with Gasteiger partial charge in [0, 0.05) is 0 Å². The Balaban J connectivity index is 3.21. The Kier molecular flexibility index (Phi) is 3.57. The molecule has 1 unspecified atom stereocenters. The summed E-state index contributed by atoms with van der Waals surface area (Å²) >= 11 is 3.23. The van der Waals surface area contributed by atoms with E-state index in [0.717, 1.165) is 6.07 Å². The number of methoxy groups -OCH3 is 1. The van der Waals surface area contributed by atoms with Crippen molar-refractivity contribution >= 4 is 21.9 Å². The van der Waals surface area contributed by atoms with Crippen LogP contribution in [0, 0.1) is 5.95 Å². The number of alkyl halides is 1. The molecule has 0 aliphatic carbocycles. The maximum Gasteiger partial charge on any atom is 0.339 e. The SMILES string of the molecule is COC(=O)c1ccc(F)nc1C(C)Br. The topological polar surface area (TPSA) is 39.2 Å². The molecule has 1 aromatic rings. The number of carbonyl (C=O) groups excluding carboxylic acids is 1. The van der Waals surface area contributed by atoms with Gasteiger partial charge in [0.25, 0.3) is 0 Å². The van der Waals surface area contributed by atoms with Gasteiger partial charge in [-0.25, -0.2) is 9.78 Å². The minimum absolute atomic E-state index is 0.202. The van der Waals surface area contributed by atoms with E-state index in [4.69, 9.17) is 0 Å². The normalized spacial score (nSPS) is 12.3. The fourth-order valence-electron chi connectivity index (χ4n) is 1.04. The van der Waals surface area contributed by atoms with Gasteiger partial charge in [-0.2, -0.15) is 4.39 Å². The molecule has 5 heteroatoms. The number of halogens is 2. The van der Waals surface area contributed by atoms with Gasteiger partial charge in [-0.15, -0.1) is 0 Å². The molecule has 1 heterocycles. The van der Waals surface area contributed by atoms with Gasteiger partial charge < -0.3 is 4.74 Å². The van der Waals surface area contributed by atoms with E-state index in [0.29, 0.717) is 5.69 Å². The molecule has 76 valence electrons. The highest BCUT2D eigenvalue weighted by molar-refractivity contribution is 9.09. The average molecular weight is 262 g/mol. The number of ether oxygens (including phenoxy) is 1. The van der Waals surface area contributed by atoms with Crippen molar-refractivity contribution in [1.29, 1.82) is 0 Å². The summed E-state index contributed by atoms with van der Waals surface area (Å²) in [6.45, 7) is 1.76. The first-order valence-corrected chi connectivity index (χ1v) is 4.86. The molecule has 0 aromatic carbocycles. The van der Waals surface area contributed by atoms with Crippen molar-refractivity contribution in [3.8, 4) is 0 Å². The van der Waals surface area contributed by atoms with Crippen LogP contribution in [0.2, 0.25) is 0 Å². The number of rotatable bonds is 2.